The Kier molecular flexibility index (Phi) is 9.79. The molecule has 104 valence electrons. The molecule has 0 saturated carbocycles. The van der Waals surface area contributed by atoms with Crippen molar-refractivity contribution in [1.82, 2.24) is 4.90 Å². The van der Waals surface area contributed by atoms with E-state index in [1.165, 1.54) is 6.42 Å². The molecule has 0 aliphatic rings. The van der Waals surface area contributed by atoms with Gasteiger partial charge >= 0.3 is 0 Å². The van der Waals surface area contributed by atoms with Crippen LogP contribution in [0.15, 0.2) is 0 Å². The maximum atomic E-state index is 9.84. The fourth-order valence-electron chi connectivity index (χ4n) is 1.89. The van der Waals surface area contributed by atoms with Gasteiger partial charge in [0.05, 0.1) is 12.7 Å². The predicted molar refractivity (Wildman–Crippen MR) is 73.3 cm³/mol. The van der Waals surface area contributed by atoms with Gasteiger partial charge in [0.15, 0.2) is 0 Å². The standard InChI is InChI=1S/C14H31NO2/c1-6-7-8-17-11-14(16)10-15(5)13(4)9-12(2)3/h12-14,16H,6-11H2,1-5H3. The van der Waals surface area contributed by atoms with E-state index >= 15 is 0 Å². The Bertz CT molecular complexity index is 174. The van der Waals surface area contributed by atoms with E-state index in [1.54, 1.807) is 0 Å². The number of hydrogen-bond donors (Lipinski definition) is 1. The Morgan fingerprint density at radius 2 is 1.88 bits per heavy atom. The second-order valence-corrected chi connectivity index (χ2v) is 5.50. The molecule has 3 nitrogen and oxygen atoms in total. The summed E-state index contributed by atoms with van der Waals surface area (Å²) in [6.45, 7) is 10.7. The summed E-state index contributed by atoms with van der Waals surface area (Å²) >= 11 is 0. The zero-order chi connectivity index (χ0) is 13.3. The van der Waals surface area contributed by atoms with Crippen molar-refractivity contribution in [3.8, 4) is 0 Å². The number of rotatable bonds is 10. The van der Waals surface area contributed by atoms with E-state index < -0.39 is 0 Å². The van der Waals surface area contributed by atoms with Gasteiger partial charge in [-0.2, -0.15) is 0 Å². The van der Waals surface area contributed by atoms with E-state index in [0.29, 0.717) is 25.1 Å². The quantitative estimate of drug-likeness (QED) is 0.600. The molecule has 2 atom stereocenters. The van der Waals surface area contributed by atoms with Crippen molar-refractivity contribution in [3.63, 3.8) is 0 Å². The van der Waals surface area contributed by atoms with Crippen molar-refractivity contribution in [2.45, 2.75) is 59.1 Å². The van der Waals surface area contributed by atoms with Crippen LogP contribution in [0.2, 0.25) is 0 Å². The molecule has 0 fully saturated rings. The fraction of sp³-hybridized carbons (Fsp3) is 1.00. The second-order valence-electron chi connectivity index (χ2n) is 5.50. The van der Waals surface area contributed by atoms with E-state index in [4.69, 9.17) is 4.74 Å². The first-order valence-electron chi connectivity index (χ1n) is 6.93. The second kappa shape index (κ2) is 9.86. The first kappa shape index (κ1) is 16.9. The highest BCUT2D eigenvalue weighted by molar-refractivity contribution is 4.68. The highest BCUT2D eigenvalue weighted by Gasteiger charge is 2.14. The van der Waals surface area contributed by atoms with Gasteiger partial charge in [-0.05, 0) is 32.7 Å². The van der Waals surface area contributed by atoms with Gasteiger partial charge in [-0.15, -0.1) is 0 Å². The third-order valence-corrected chi connectivity index (χ3v) is 3.02. The molecule has 2 unspecified atom stereocenters. The summed E-state index contributed by atoms with van der Waals surface area (Å²) in [5.74, 6) is 0.699. The van der Waals surface area contributed by atoms with Crippen LogP contribution in [0.3, 0.4) is 0 Å². The lowest BCUT2D eigenvalue weighted by Gasteiger charge is -2.28. The third-order valence-electron chi connectivity index (χ3n) is 3.02. The van der Waals surface area contributed by atoms with Gasteiger partial charge in [-0.25, -0.2) is 0 Å². The number of hydrogen-bond acceptors (Lipinski definition) is 3. The molecule has 0 saturated heterocycles. The van der Waals surface area contributed by atoms with E-state index in [9.17, 15) is 5.11 Å². The topological polar surface area (TPSA) is 32.7 Å². The number of likely N-dealkylation sites (N-methyl/N-ethyl adjacent to an activating group) is 1. The Morgan fingerprint density at radius 3 is 2.41 bits per heavy atom. The maximum absolute atomic E-state index is 9.84. The lowest BCUT2D eigenvalue weighted by atomic mass is 10.0. The Hall–Kier alpha value is -0.120. The van der Waals surface area contributed by atoms with Gasteiger partial charge in [0.1, 0.15) is 0 Å². The highest BCUT2D eigenvalue weighted by Crippen LogP contribution is 2.09. The van der Waals surface area contributed by atoms with E-state index in [2.05, 4.69) is 39.6 Å². The van der Waals surface area contributed by atoms with E-state index in [1.807, 2.05) is 0 Å². The number of unbranched alkanes of at least 4 members (excludes halogenated alkanes) is 1. The molecule has 3 heteroatoms. The normalized spacial score (nSPS) is 15.5. The molecule has 17 heavy (non-hydrogen) atoms. The molecule has 0 amide bonds. The van der Waals surface area contributed by atoms with Crippen molar-refractivity contribution >= 4 is 0 Å². The first-order valence-corrected chi connectivity index (χ1v) is 6.93. The summed E-state index contributed by atoms with van der Waals surface area (Å²) in [5.41, 5.74) is 0. The molecule has 0 heterocycles. The van der Waals surface area contributed by atoms with Gasteiger partial charge in [0, 0.05) is 19.2 Å². The molecule has 0 aliphatic carbocycles. The van der Waals surface area contributed by atoms with Crippen LogP contribution in [0.4, 0.5) is 0 Å². The zero-order valence-electron chi connectivity index (χ0n) is 12.3. The molecular weight excluding hydrogens is 214 g/mol. The summed E-state index contributed by atoms with van der Waals surface area (Å²) in [4.78, 5) is 2.22. The Labute approximate surface area is 107 Å². The van der Waals surface area contributed by atoms with Gasteiger partial charge in [-0.1, -0.05) is 27.2 Å². The van der Waals surface area contributed by atoms with Crippen LogP contribution >= 0.6 is 0 Å². The summed E-state index contributed by atoms with van der Waals surface area (Å²) < 4.78 is 5.42. The smallest absolute Gasteiger partial charge is 0.0900 e. The lowest BCUT2D eigenvalue weighted by molar-refractivity contribution is 0.0132. The lowest BCUT2D eigenvalue weighted by Crippen LogP contribution is -2.38. The van der Waals surface area contributed by atoms with Crippen LogP contribution in [0, 0.1) is 5.92 Å². The maximum Gasteiger partial charge on any atom is 0.0900 e. The van der Waals surface area contributed by atoms with Crippen LogP contribution in [0.5, 0.6) is 0 Å². The monoisotopic (exact) mass is 245 g/mol. The molecular formula is C14H31NO2. The Balaban J connectivity index is 3.67. The number of nitrogens with zero attached hydrogens (tertiary/aromatic N) is 1. The fourth-order valence-corrected chi connectivity index (χ4v) is 1.89. The Morgan fingerprint density at radius 1 is 1.24 bits per heavy atom. The van der Waals surface area contributed by atoms with Gasteiger partial charge in [-0.3, -0.25) is 0 Å². The average Bonchev–Trinajstić information content (AvgIpc) is 2.23. The van der Waals surface area contributed by atoms with Crippen molar-refractivity contribution in [2.24, 2.45) is 5.92 Å². The minimum atomic E-state index is -0.369. The summed E-state index contributed by atoms with van der Waals surface area (Å²) in [5, 5.41) is 9.84. The van der Waals surface area contributed by atoms with Gasteiger partial charge < -0.3 is 14.7 Å². The largest absolute Gasteiger partial charge is 0.389 e. The van der Waals surface area contributed by atoms with Gasteiger partial charge in [0.25, 0.3) is 0 Å². The zero-order valence-corrected chi connectivity index (χ0v) is 12.3. The van der Waals surface area contributed by atoms with Crippen LogP contribution in [-0.2, 0) is 4.74 Å². The minimum absolute atomic E-state index is 0.369. The van der Waals surface area contributed by atoms with E-state index in [0.717, 1.165) is 19.4 Å². The number of ether oxygens (including phenoxy) is 1. The molecule has 0 aromatic heterocycles. The van der Waals surface area contributed by atoms with Crippen molar-refractivity contribution < 1.29 is 9.84 Å². The molecule has 0 rings (SSSR count). The van der Waals surface area contributed by atoms with Crippen molar-refractivity contribution in [1.29, 1.82) is 0 Å². The van der Waals surface area contributed by atoms with Crippen molar-refractivity contribution in [2.75, 3.05) is 26.8 Å². The van der Waals surface area contributed by atoms with Crippen LogP contribution in [0.25, 0.3) is 0 Å². The van der Waals surface area contributed by atoms with Crippen LogP contribution in [-0.4, -0.2) is 49.0 Å². The molecule has 0 aliphatic heterocycles. The average molecular weight is 245 g/mol. The summed E-state index contributed by atoms with van der Waals surface area (Å²) in [7, 11) is 2.07. The SMILES string of the molecule is CCCCOCC(O)CN(C)C(C)CC(C)C. The minimum Gasteiger partial charge on any atom is -0.389 e. The third kappa shape index (κ3) is 9.57. The molecule has 0 spiro atoms. The first-order chi connectivity index (χ1) is 7.97. The molecule has 0 bridgehead atoms. The molecule has 0 aromatic rings. The van der Waals surface area contributed by atoms with Gasteiger partial charge in [0.2, 0.25) is 0 Å². The number of aliphatic hydroxyl groups excluding tert-OH is 1. The van der Waals surface area contributed by atoms with E-state index in [-0.39, 0.29) is 6.10 Å². The summed E-state index contributed by atoms with van der Waals surface area (Å²) in [6, 6.07) is 0.514. The van der Waals surface area contributed by atoms with Crippen LogP contribution in [0.1, 0.15) is 47.0 Å². The molecule has 0 radical (unpaired) electrons. The summed E-state index contributed by atoms with van der Waals surface area (Å²) in [6.07, 6.45) is 3.01. The predicted octanol–water partition coefficient (Wildman–Crippen LogP) is 2.53. The number of aliphatic hydroxyl groups is 1. The van der Waals surface area contributed by atoms with Crippen molar-refractivity contribution in [3.05, 3.63) is 0 Å². The molecule has 1 N–H and O–H groups in total. The van der Waals surface area contributed by atoms with Crippen LogP contribution < -0.4 is 0 Å². The molecule has 0 aromatic carbocycles. The highest BCUT2D eigenvalue weighted by atomic mass is 16.5.